The van der Waals surface area contributed by atoms with Crippen LogP contribution in [0.3, 0.4) is 0 Å². The van der Waals surface area contributed by atoms with Crippen molar-refractivity contribution in [3.63, 3.8) is 0 Å². The molecule has 23 heavy (non-hydrogen) atoms. The molecule has 0 radical (unpaired) electrons. The maximum atomic E-state index is 12.4. The number of carbonyl (C=O) groups excluding carboxylic acids is 1. The Hall–Kier alpha value is -2.50. The van der Waals surface area contributed by atoms with Gasteiger partial charge >= 0.3 is 6.03 Å². The molecule has 1 aliphatic rings. The Morgan fingerprint density at radius 2 is 2.17 bits per heavy atom. The van der Waals surface area contributed by atoms with Gasteiger partial charge in [-0.15, -0.1) is 0 Å². The summed E-state index contributed by atoms with van der Waals surface area (Å²) in [5.41, 5.74) is 1.95. The predicted molar refractivity (Wildman–Crippen MR) is 89.7 cm³/mol. The topological polar surface area (TPSA) is 61.6 Å². The van der Waals surface area contributed by atoms with E-state index in [1.165, 1.54) is 5.69 Å². The van der Waals surface area contributed by atoms with Crippen molar-refractivity contribution in [2.24, 2.45) is 0 Å². The number of aryl methyl sites for hydroxylation is 1. The number of nitrogens with one attached hydrogen (secondary N) is 1. The van der Waals surface area contributed by atoms with Gasteiger partial charge in [0.1, 0.15) is 0 Å². The van der Waals surface area contributed by atoms with E-state index in [1.807, 2.05) is 32.2 Å². The Bertz CT molecular complexity index is 656. The van der Waals surface area contributed by atoms with E-state index in [1.54, 1.807) is 11.0 Å². The summed E-state index contributed by atoms with van der Waals surface area (Å²) in [5.74, 6) is 0.384. The number of anilines is 2. The summed E-state index contributed by atoms with van der Waals surface area (Å²) in [6.45, 7) is 3.68. The van der Waals surface area contributed by atoms with E-state index in [0.717, 1.165) is 31.6 Å². The zero-order valence-corrected chi connectivity index (χ0v) is 13.5. The molecule has 2 heterocycles. The average Bonchev–Trinajstić information content (AvgIpc) is 3.00. The van der Waals surface area contributed by atoms with Crippen molar-refractivity contribution < 1.29 is 9.32 Å². The minimum Gasteiger partial charge on any atom is -0.369 e. The number of amides is 2. The minimum atomic E-state index is -0.166. The van der Waals surface area contributed by atoms with Crippen molar-refractivity contribution in [2.45, 2.75) is 25.8 Å². The van der Waals surface area contributed by atoms with Crippen molar-refractivity contribution in [1.82, 2.24) is 10.1 Å². The SMILES string of the molecule is Cc1cc(NC(=O)N(C)[C@H]2CCCN(c3ccccc3)C2)on1. The molecular formula is C17H22N4O2. The van der Waals surface area contributed by atoms with Gasteiger partial charge in [0, 0.05) is 31.9 Å². The summed E-state index contributed by atoms with van der Waals surface area (Å²) in [5, 5.41) is 6.53. The lowest BCUT2D eigenvalue weighted by Gasteiger charge is -2.38. The molecule has 0 unspecified atom stereocenters. The molecule has 1 N–H and O–H groups in total. The Morgan fingerprint density at radius 3 is 2.87 bits per heavy atom. The van der Waals surface area contributed by atoms with Crippen molar-refractivity contribution >= 4 is 17.6 Å². The second kappa shape index (κ2) is 6.73. The number of urea groups is 1. The summed E-state index contributed by atoms with van der Waals surface area (Å²) in [6, 6.07) is 12.0. The van der Waals surface area contributed by atoms with E-state index in [2.05, 4.69) is 27.5 Å². The highest BCUT2D eigenvalue weighted by Gasteiger charge is 2.26. The third-order valence-electron chi connectivity index (χ3n) is 4.24. The molecule has 2 amide bonds. The highest BCUT2D eigenvalue weighted by Crippen LogP contribution is 2.22. The summed E-state index contributed by atoms with van der Waals surface area (Å²) in [7, 11) is 1.83. The number of hydrogen-bond acceptors (Lipinski definition) is 4. The minimum absolute atomic E-state index is 0.166. The van der Waals surface area contributed by atoms with Crippen LogP contribution in [-0.4, -0.2) is 42.3 Å². The van der Waals surface area contributed by atoms with Crippen LogP contribution in [0.5, 0.6) is 0 Å². The van der Waals surface area contributed by atoms with Crippen LogP contribution < -0.4 is 10.2 Å². The van der Waals surface area contributed by atoms with Gasteiger partial charge in [-0.3, -0.25) is 5.32 Å². The highest BCUT2D eigenvalue weighted by molar-refractivity contribution is 5.88. The smallest absolute Gasteiger partial charge is 0.324 e. The van der Waals surface area contributed by atoms with Gasteiger partial charge in [-0.05, 0) is 31.9 Å². The third-order valence-corrected chi connectivity index (χ3v) is 4.24. The molecule has 2 aromatic rings. The number of hydrogen-bond donors (Lipinski definition) is 1. The fraction of sp³-hybridized carbons (Fsp3) is 0.412. The lowest BCUT2D eigenvalue weighted by molar-refractivity contribution is 0.195. The van der Waals surface area contributed by atoms with Gasteiger partial charge in [0.25, 0.3) is 0 Å². The van der Waals surface area contributed by atoms with Crippen molar-refractivity contribution in [3.8, 4) is 0 Å². The maximum absolute atomic E-state index is 12.4. The molecule has 122 valence electrons. The Morgan fingerprint density at radius 1 is 1.39 bits per heavy atom. The van der Waals surface area contributed by atoms with Gasteiger partial charge in [0.2, 0.25) is 5.88 Å². The molecule has 0 saturated carbocycles. The lowest BCUT2D eigenvalue weighted by atomic mass is 10.0. The second-order valence-electron chi connectivity index (χ2n) is 5.95. The Balaban J connectivity index is 1.62. The molecule has 0 bridgehead atoms. The summed E-state index contributed by atoms with van der Waals surface area (Å²) < 4.78 is 5.04. The molecule has 1 aromatic carbocycles. The zero-order valence-electron chi connectivity index (χ0n) is 13.5. The number of benzene rings is 1. The summed E-state index contributed by atoms with van der Waals surface area (Å²) in [4.78, 5) is 16.5. The number of piperidine rings is 1. The fourth-order valence-electron chi connectivity index (χ4n) is 2.93. The van der Waals surface area contributed by atoms with E-state index < -0.39 is 0 Å². The van der Waals surface area contributed by atoms with E-state index >= 15 is 0 Å². The van der Waals surface area contributed by atoms with Crippen LogP contribution in [-0.2, 0) is 0 Å². The van der Waals surface area contributed by atoms with Crippen molar-refractivity contribution in [3.05, 3.63) is 42.1 Å². The lowest BCUT2D eigenvalue weighted by Crippen LogP contribution is -2.49. The van der Waals surface area contributed by atoms with Gasteiger partial charge in [-0.2, -0.15) is 0 Å². The number of para-hydroxylation sites is 1. The van der Waals surface area contributed by atoms with Crippen molar-refractivity contribution in [2.75, 3.05) is 30.4 Å². The van der Waals surface area contributed by atoms with Crippen LogP contribution in [0.2, 0.25) is 0 Å². The number of aromatic nitrogens is 1. The molecule has 0 aliphatic carbocycles. The van der Waals surface area contributed by atoms with Crippen molar-refractivity contribution in [1.29, 1.82) is 0 Å². The number of carbonyl (C=O) groups is 1. The largest absolute Gasteiger partial charge is 0.369 e. The maximum Gasteiger partial charge on any atom is 0.324 e. The quantitative estimate of drug-likeness (QED) is 0.945. The zero-order chi connectivity index (χ0) is 16.2. The van der Waals surface area contributed by atoms with E-state index in [9.17, 15) is 4.79 Å². The number of likely N-dealkylation sites (N-methyl/N-ethyl adjacent to an activating group) is 1. The standard InChI is InChI=1S/C17H22N4O2/c1-13-11-16(23-19-13)18-17(22)20(2)15-9-6-10-21(12-15)14-7-4-3-5-8-14/h3-5,7-8,11,15H,6,9-10,12H2,1-2H3,(H,18,22)/t15-/m0/s1. The van der Waals surface area contributed by atoms with Crippen LogP contribution in [0.25, 0.3) is 0 Å². The molecule has 1 aromatic heterocycles. The van der Waals surface area contributed by atoms with Crippen LogP contribution in [0, 0.1) is 6.92 Å². The van der Waals surface area contributed by atoms with E-state index in [0.29, 0.717) is 5.88 Å². The Labute approximate surface area is 136 Å². The third kappa shape index (κ3) is 3.64. The fourth-order valence-corrected chi connectivity index (χ4v) is 2.93. The van der Waals surface area contributed by atoms with Gasteiger partial charge in [-0.1, -0.05) is 23.4 Å². The summed E-state index contributed by atoms with van der Waals surface area (Å²) >= 11 is 0. The van der Waals surface area contributed by atoms with E-state index in [-0.39, 0.29) is 12.1 Å². The first-order chi connectivity index (χ1) is 11.1. The molecule has 1 aliphatic heterocycles. The van der Waals surface area contributed by atoms with Crippen LogP contribution >= 0.6 is 0 Å². The molecule has 1 fully saturated rings. The number of nitrogens with zero attached hydrogens (tertiary/aromatic N) is 3. The molecule has 1 atom stereocenters. The monoisotopic (exact) mass is 314 g/mol. The highest BCUT2D eigenvalue weighted by atomic mass is 16.5. The van der Waals surface area contributed by atoms with Gasteiger partial charge in [0.05, 0.1) is 11.7 Å². The summed E-state index contributed by atoms with van der Waals surface area (Å²) in [6.07, 6.45) is 2.07. The van der Waals surface area contributed by atoms with Gasteiger partial charge in [0.15, 0.2) is 0 Å². The molecule has 6 heteroatoms. The first kappa shape index (κ1) is 15.4. The average molecular weight is 314 g/mol. The van der Waals surface area contributed by atoms with Gasteiger partial charge in [-0.25, -0.2) is 4.79 Å². The van der Waals surface area contributed by atoms with Crippen LogP contribution in [0.15, 0.2) is 40.9 Å². The molecule has 6 nitrogen and oxygen atoms in total. The second-order valence-corrected chi connectivity index (χ2v) is 5.95. The van der Waals surface area contributed by atoms with Crippen LogP contribution in [0.1, 0.15) is 18.5 Å². The van der Waals surface area contributed by atoms with Gasteiger partial charge < -0.3 is 14.3 Å². The Kier molecular flexibility index (Phi) is 4.50. The molecule has 0 spiro atoms. The molecule has 1 saturated heterocycles. The van der Waals surface area contributed by atoms with E-state index in [4.69, 9.17) is 4.52 Å². The predicted octanol–water partition coefficient (Wildman–Crippen LogP) is 3.12. The number of rotatable bonds is 3. The molecular weight excluding hydrogens is 292 g/mol. The normalized spacial score (nSPS) is 17.8. The van der Waals surface area contributed by atoms with Crippen LogP contribution in [0.4, 0.5) is 16.4 Å². The molecule has 3 rings (SSSR count). The first-order valence-corrected chi connectivity index (χ1v) is 7.90. The first-order valence-electron chi connectivity index (χ1n) is 7.90.